The van der Waals surface area contributed by atoms with Crippen LogP contribution < -0.4 is 5.32 Å². The maximum Gasteiger partial charge on any atom is 0.328 e. The minimum absolute atomic E-state index is 0.0960. The number of ether oxygens (including phenoxy) is 1. The predicted molar refractivity (Wildman–Crippen MR) is 93.3 cm³/mol. The fourth-order valence-corrected chi connectivity index (χ4v) is 2.90. The van der Waals surface area contributed by atoms with E-state index in [0.29, 0.717) is 11.6 Å². The van der Waals surface area contributed by atoms with Gasteiger partial charge in [-0.2, -0.15) is 4.68 Å². The summed E-state index contributed by atoms with van der Waals surface area (Å²) >= 11 is 1.20. The van der Waals surface area contributed by atoms with Gasteiger partial charge in [-0.05, 0) is 34.9 Å². The van der Waals surface area contributed by atoms with E-state index in [1.54, 1.807) is 4.68 Å². The Morgan fingerprint density at radius 1 is 1.28 bits per heavy atom. The molecular weight excluding hydrogens is 342 g/mol. The molecule has 1 atom stereocenters. The number of thioether (sulfide) groups is 1. The van der Waals surface area contributed by atoms with Crippen molar-refractivity contribution < 1.29 is 14.3 Å². The minimum Gasteiger partial charge on any atom is -0.467 e. The van der Waals surface area contributed by atoms with Gasteiger partial charge in [-0.3, -0.25) is 4.79 Å². The molecule has 0 fully saturated rings. The first-order chi connectivity index (χ1) is 12.0. The van der Waals surface area contributed by atoms with Gasteiger partial charge in [0, 0.05) is 0 Å². The molecule has 2 aromatic rings. The van der Waals surface area contributed by atoms with E-state index in [0.717, 1.165) is 5.69 Å². The van der Waals surface area contributed by atoms with Crippen LogP contribution in [0.2, 0.25) is 0 Å². The molecule has 0 unspecified atom stereocenters. The third kappa shape index (κ3) is 5.56. The lowest BCUT2D eigenvalue weighted by Crippen LogP contribution is -2.43. The van der Waals surface area contributed by atoms with E-state index < -0.39 is 12.0 Å². The van der Waals surface area contributed by atoms with Gasteiger partial charge in [0.05, 0.1) is 18.6 Å². The molecule has 0 bridgehead atoms. The first-order valence-electron chi connectivity index (χ1n) is 7.85. The van der Waals surface area contributed by atoms with Crippen molar-refractivity contribution in [3.63, 3.8) is 0 Å². The van der Waals surface area contributed by atoms with E-state index in [9.17, 15) is 9.59 Å². The normalized spacial score (nSPS) is 12.0. The summed E-state index contributed by atoms with van der Waals surface area (Å²) in [4.78, 5) is 24.0. The van der Waals surface area contributed by atoms with Gasteiger partial charge in [0.1, 0.15) is 6.04 Å². The van der Waals surface area contributed by atoms with Crippen molar-refractivity contribution in [2.75, 3.05) is 12.9 Å². The van der Waals surface area contributed by atoms with Gasteiger partial charge in [0.2, 0.25) is 11.1 Å². The van der Waals surface area contributed by atoms with Crippen LogP contribution in [0.5, 0.6) is 0 Å². The predicted octanol–water partition coefficient (Wildman–Crippen LogP) is 1.46. The highest BCUT2D eigenvalue weighted by Gasteiger charge is 2.23. The van der Waals surface area contributed by atoms with Gasteiger partial charge < -0.3 is 10.1 Å². The summed E-state index contributed by atoms with van der Waals surface area (Å²) in [5.74, 6) is -0.369. The Morgan fingerprint density at radius 2 is 2.00 bits per heavy atom. The molecule has 8 nitrogen and oxygen atoms in total. The molecule has 0 saturated carbocycles. The molecule has 1 heterocycles. The zero-order valence-electron chi connectivity index (χ0n) is 14.4. The maximum atomic E-state index is 12.2. The fourth-order valence-electron chi connectivity index (χ4n) is 2.19. The Kier molecular flexibility index (Phi) is 6.93. The molecule has 9 heteroatoms. The van der Waals surface area contributed by atoms with Crippen molar-refractivity contribution in [3.05, 3.63) is 30.3 Å². The second kappa shape index (κ2) is 9.16. The van der Waals surface area contributed by atoms with Crippen LogP contribution in [-0.4, -0.2) is 51.0 Å². The van der Waals surface area contributed by atoms with E-state index in [-0.39, 0.29) is 17.6 Å². The van der Waals surface area contributed by atoms with Crippen LogP contribution in [0.1, 0.15) is 20.3 Å². The molecule has 0 aliphatic rings. The lowest BCUT2D eigenvalue weighted by Gasteiger charge is -2.18. The molecule has 0 aliphatic carbocycles. The molecular formula is C16H21N5O3S. The largest absolute Gasteiger partial charge is 0.467 e. The van der Waals surface area contributed by atoms with Gasteiger partial charge in [-0.15, -0.1) is 5.10 Å². The van der Waals surface area contributed by atoms with E-state index in [4.69, 9.17) is 4.74 Å². The number of hydrogen-bond donors (Lipinski definition) is 1. The van der Waals surface area contributed by atoms with Crippen LogP contribution in [0.4, 0.5) is 0 Å². The standard InChI is InChI=1S/C16H21N5O3S/c1-11(2)9-13(15(23)24-3)17-14(22)10-25-16-18-19-20-21(16)12-7-5-4-6-8-12/h4-8,11,13H,9-10H2,1-3H3,(H,17,22)/t13-/m1/s1. The molecule has 0 saturated heterocycles. The maximum absolute atomic E-state index is 12.2. The van der Waals surface area contributed by atoms with Crippen molar-refractivity contribution in [2.45, 2.75) is 31.5 Å². The summed E-state index contributed by atoms with van der Waals surface area (Å²) in [6.45, 7) is 3.95. The summed E-state index contributed by atoms with van der Waals surface area (Å²) in [5.41, 5.74) is 0.808. The van der Waals surface area contributed by atoms with Crippen LogP contribution in [0.3, 0.4) is 0 Å². The Bertz CT molecular complexity index is 705. The average Bonchev–Trinajstić information content (AvgIpc) is 3.07. The first kappa shape index (κ1) is 18.9. The molecule has 2 rings (SSSR count). The number of aromatic nitrogens is 4. The number of amides is 1. The number of nitrogens with zero attached hydrogens (tertiary/aromatic N) is 4. The van der Waals surface area contributed by atoms with Crippen molar-refractivity contribution in [1.29, 1.82) is 0 Å². The molecule has 134 valence electrons. The third-order valence-electron chi connectivity index (χ3n) is 3.30. The Balaban J connectivity index is 1.96. The molecule has 1 N–H and O–H groups in total. The van der Waals surface area contributed by atoms with Gasteiger partial charge in [-0.25, -0.2) is 4.79 Å². The number of carbonyl (C=O) groups excluding carboxylic acids is 2. The first-order valence-corrected chi connectivity index (χ1v) is 8.83. The summed E-state index contributed by atoms with van der Waals surface area (Å²) < 4.78 is 6.30. The van der Waals surface area contributed by atoms with Crippen LogP contribution in [-0.2, 0) is 14.3 Å². The molecule has 1 aromatic heterocycles. The van der Waals surface area contributed by atoms with Gasteiger partial charge in [-0.1, -0.05) is 43.8 Å². The lowest BCUT2D eigenvalue weighted by atomic mass is 10.0. The smallest absolute Gasteiger partial charge is 0.328 e. The molecule has 1 amide bonds. The summed E-state index contributed by atoms with van der Waals surface area (Å²) in [6.07, 6.45) is 0.519. The number of esters is 1. The Morgan fingerprint density at radius 3 is 2.64 bits per heavy atom. The highest BCUT2D eigenvalue weighted by atomic mass is 32.2. The number of methoxy groups -OCH3 is 1. The second-order valence-corrected chi connectivity index (χ2v) is 6.71. The van der Waals surface area contributed by atoms with Crippen LogP contribution in [0, 0.1) is 5.92 Å². The molecule has 25 heavy (non-hydrogen) atoms. The van der Waals surface area contributed by atoms with E-state index in [2.05, 4.69) is 20.8 Å². The van der Waals surface area contributed by atoms with Crippen LogP contribution in [0.25, 0.3) is 5.69 Å². The zero-order valence-corrected chi connectivity index (χ0v) is 15.2. The SMILES string of the molecule is COC(=O)[C@@H](CC(C)C)NC(=O)CSc1nnnn1-c1ccccc1. The number of para-hydroxylation sites is 1. The van der Waals surface area contributed by atoms with Gasteiger partial charge in [0.25, 0.3) is 0 Å². The fraction of sp³-hybridized carbons (Fsp3) is 0.438. The average molecular weight is 363 g/mol. The molecule has 0 spiro atoms. The van der Waals surface area contributed by atoms with Crippen LogP contribution >= 0.6 is 11.8 Å². The molecule has 0 aliphatic heterocycles. The monoisotopic (exact) mass is 363 g/mol. The summed E-state index contributed by atoms with van der Waals surface area (Å²) in [5, 5.41) is 14.7. The number of rotatable bonds is 8. The van der Waals surface area contributed by atoms with E-state index in [1.807, 2.05) is 44.2 Å². The van der Waals surface area contributed by atoms with E-state index in [1.165, 1.54) is 18.9 Å². The van der Waals surface area contributed by atoms with Crippen molar-refractivity contribution in [1.82, 2.24) is 25.5 Å². The molecule has 1 aromatic carbocycles. The van der Waals surface area contributed by atoms with Crippen LogP contribution in [0.15, 0.2) is 35.5 Å². The van der Waals surface area contributed by atoms with E-state index >= 15 is 0 Å². The molecule has 0 radical (unpaired) electrons. The summed E-state index contributed by atoms with van der Waals surface area (Å²) in [7, 11) is 1.31. The highest BCUT2D eigenvalue weighted by Crippen LogP contribution is 2.17. The number of hydrogen-bond acceptors (Lipinski definition) is 7. The lowest BCUT2D eigenvalue weighted by molar-refractivity contribution is -0.145. The topological polar surface area (TPSA) is 99.0 Å². The van der Waals surface area contributed by atoms with Gasteiger partial charge >= 0.3 is 5.97 Å². The Labute approximate surface area is 150 Å². The zero-order chi connectivity index (χ0) is 18.2. The van der Waals surface area contributed by atoms with Crippen molar-refractivity contribution >= 4 is 23.6 Å². The number of nitrogens with one attached hydrogen (secondary N) is 1. The number of benzene rings is 1. The second-order valence-electron chi connectivity index (χ2n) is 5.77. The Hall–Kier alpha value is -2.42. The minimum atomic E-state index is -0.650. The van der Waals surface area contributed by atoms with Crippen molar-refractivity contribution in [2.24, 2.45) is 5.92 Å². The van der Waals surface area contributed by atoms with Gasteiger partial charge in [0.15, 0.2) is 0 Å². The number of tetrazole rings is 1. The number of carbonyl (C=O) groups is 2. The van der Waals surface area contributed by atoms with Crippen molar-refractivity contribution in [3.8, 4) is 5.69 Å². The summed E-state index contributed by atoms with van der Waals surface area (Å²) in [6, 6.07) is 8.75. The highest BCUT2D eigenvalue weighted by molar-refractivity contribution is 7.99. The third-order valence-corrected chi connectivity index (χ3v) is 4.22. The quantitative estimate of drug-likeness (QED) is 0.560.